The predicted molar refractivity (Wildman–Crippen MR) is 117 cm³/mol. The molecule has 2 aliphatic rings. The third kappa shape index (κ3) is 3.31. The normalized spacial score (nSPS) is 22.1. The van der Waals surface area contributed by atoms with E-state index in [1.54, 1.807) is 30.3 Å². The molecular formula is C22H19FIN3O3. The number of likely N-dealkylation sites (tertiary alicyclic amines) is 1. The van der Waals surface area contributed by atoms with Gasteiger partial charge in [0, 0.05) is 30.5 Å². The molecule has 154 valence electrons. The van der Waals surface area contributed by atoms with E-state index in [1.807, 2.05) is 0 Å². The molecule has 0 saturated carbocycles. The van der Waals surface area contributed by atoms with Crippen LogP contribution in [0.15, 0.2) is 47.0 Å². The van der Waals surface area contributed by atoms with Gasteiger partial charge in [-0.05, 0) is 43.7 Å². The number of hydrogen-bond donors (Lipinski definition) is 0. The van der Waals surface area contributed by atoms with Crippen LogP contribution in [0.3, 0.4) is 0 Å². The number of alkyl halides is 1. The quantitative estimate of drug-likeness (QED) is 0.224. The molecule has 30 heavy (non-hydrogen) atoms. The predicted octanol–water partition coefficient (Wildman–Crippen LogP) is 4.20. The maximum Gasteiger partial charge on any atom is 0.261 e. The maximum atomic E-state index is 13.4. The highest BCUT2D eigenvalue weighted by atomic mass is 127. The van der Waals surface area contributed by atoms with E-state index in [0.29, 0.717) is 29.8 Å². The topological polar surface area (TPSA) is 66.7 Å². The van der Waals surface area contributed by atoms with Crippen LogP contribution in [0.4, 0.5) is 4.39 Å². The molecular weight excluding hydrogens is 500 g/mol. The summed E-state index contributed by atoms with van der Waals surface area (Å²) >= 11 is 2.40. The summed E-state index contributed by atoms with van der Waals surface area (Å²) in [6, 6.07) is 11.5. The summed E-state index contributed by atoms with van der Waals surface area (Å²) in [6.45, 7) is 1.84. The van der Waals surface area contributed by atoms with Crippen LogP contribution in [-0.4, -0.2) is 50.5 Å². The summed E-state index contributed by atoms with van der Waals surface area (Å²) in [5, 5.41) is 5.08. The largest absolute Gasteiger partial charge is 0.356 e. The van der Waals surface area contributed by atoms with Gasteiger partial charge in [0.05, 0.1) is 20.9 Å². The zero-order valence-corrected chi connectivity index (χ0v) is 18.2. The molecule has 2 amide bonds. The molecule has 1 fully saturated rings. The second-order valence-corrected chi connectivity index (χ2v) is 9.15. The van der Waals surface area contributed by atoms with Gasteiger partial charge < -0.3 is 4.52 Å². The van der Waals surface area contributed by atoms with Gasteiger partial charge in [-0.25, -0.2) is 4.39 Å². The summed E-state index contributed by atoms with van der Waals surface area (Å²) in [5.41, 5.74) is 2.33. The standard InChI is InChI=1S/C22H19FIN3O3/c23-14-5-6-17-18(12-14)30-25-20(17)13-7-8-26(19(24)11-13)9-10-27-21(28)15-3-1-2-4-16(15)22(27)29/h1-6,12-13,19H,7-11H2. The van der Waals surface area contributed by atoms with Crippen molar-refractivity contribution in [1.29, 1.82) is 0 Å². The number of amides is 2. The van der Waals surface area contributed by atoms with Crippen molar-refractivity contribution >= 4 is 45.4 Å². The molecule has 0 aliphatic carbocycles. The van der Waals surface area contributed by atoms with Crippen LogP contribution in [0.25, 0.3) is 11.0 Å². The Bertz CT molecular complexity index is 1110. The molecule has 5 rings (SSSR count). The average molecular weight is 519 g/mol. The van der Waals surface area contributed by atoms with Gasteiger partial charge in [0.1, 0.15) is 5.82 Å². The molecule has 0 N–H and O–H groups in total. The lowest BCUT2D eigenvalue weighted by Gasteiger charge is -2.36. The molecule has 2 unspecified atom stereocenters. The Kier molecular flexibility index (Phi) is 5.06. The van der Waals surface area contributed by atoms with Gasteiger partial charge in [0.15, 0.2) is 5.58 Å². The number of carbonyl (C=O) groups excluding carboxylic acids is 2. The summed E-state index contributed by atoms with van der Waals surface area (Å²) in [5.74, 6) is -0.525. The van der Waals surface area contributed by atoms with Crippen molar-refractivity contribution in [3.63, 3.8) is 0 Å². The fourth-order valence-corrected chi connectivity index (χ4v) is 5.53. The Morgan fingerprint density at radius 2 is 1.83 bits per heavy atom. The summed E-state index contributed by atoms with van der Waals surface area (Å²) < 4.78 is 19.0. The van der Waals surface area contributed by atoms with Crippen molar-refractivity contribution in [3.05, 3.63) is 65.1 Å². The molecule has 1 aromatic heterocycles. The second kappa shape index (κ2) is 7.73. The highest BCUT2D eigenvalue weighted by Gasteiger charge is 2.36. The van der Waals surface area contributed by atoms with Gasteiger partial charge in [0.25, 0.3) is 11.8 Å². The molecule has 1 saturated heterocycles. The Balaban J connectivity index is 1.24. The first-order valence-corrected chi connectivity index (χ1v) is 11.2. The van der Waals surface area contributed by atoms with Crippen LogP contribution >= 0.6 is 22.6 Å². The Labute approximate surface area is 186 Å². The fraction of sp³-hybridized carbons (Fsp3) is 0.318. The number of hydrogen-bond acceptors (Lipinski definition) is 5. The van der Waals surface area contributed by atoms with Gasteiger partial charge >= 0.3 is 0 Å². The van der Waals surface area contributed by atoms with E-state index in [2.05, 4.69) is 32.6 Å². The highest BCUT2D eigenvalue weighted by molar-refractivity contribution is 14.1. The van der Waals surface area contributed by atoms with Crippen LogP contribution in [0.2, 0.25) is 0 Å². The molecule has 0 spiro atoms. The minimum absolute atomic E-state index is 0.211. The van der Waals surface area contributed by atoms with E-state index >= 15 is 0 Å². The smallest absolute Gasteiger partial charge is 0.261 e. The van der Waals surface area contributed by atoms with Gasteiger partial charge in [-0.15, -0.1) is 0 Å². The van der Waals surface area contributed by atoms with Crippen LogP contribution in [0.5, 0.6) is 0 Å². The van der Waals surface area contributed by atoms with Crippen molar-refractivity contribution in [2.24, 2.45) is 0 Å². The number of rotatable bonds is 4. The van der Waals surface area contributed by atoms with E-state index in [0.717, 1.165) is 30.5 Å². The summed E-state index contributed by atoms with van der Waals surface area (Å²) in [6.07, 6.45) is 1.77. The zero-order valence-electron chi connectivity index (χ0n) is 16.1. The molecule has 2 aliphatic heterocycles. The first-order valence-electron chi connectivity index (χ1n) is 9.91. The highest BCUT2D eigenvalue weighted by Crippen LogP contribution is 2.37. The van der Waals surface area contributed by atoms with Crippen molar-refractivity contribution < 1.29 is 18.5 Å². The number of piperidine rings is 1. The lowest BCUT2D eigenvalue weighted by Crippen LogP contribution is -2.44. The number of benzene rings is 2. The number of aromatic nitrogens is 1. The van der Waals surface area contributed by atoms with Crippen molar-refractivity contribution in [2.75, 3.05) is 19.6 Å². The third-order valence-corrected chi connectivity index (χ3v) is 7.27. The van der Waals surface area contributed by atoms with Gasteiger partial charge in [-0.2, -0.15) is 0 Å². The molecule has 2 aromatic carbocycles. The Morgan fingerprint density at radius 1 is 1.10 bits per heavy atom. The van der Waals surface area contributed by atoms with Gasteiger partial charge in [-0.1, -0.05) is 39.9 Å². The lowest BCUT2D eigenvalue weighted by molar-refractivity contribution is 0.0626. The minimum atomic E-state index is -0.333. The zero-order chi connectivity index (χ0) is 20.8. The van der Waals surface area contributed by atoms with E-state index in [-0.39, 0.29) is 27.6 Å². The SMILES string of the molecule is O=C1c2ccccc2C(=O)N1CCN1CCC(c2noc3cc(F)ccc23)CC1I. The third-order valence-electron chi connectivity index (χ3n) is 5.98. The lowest BCUT2D eigenvalue weighted by atomic mass is 9.91. The number of nitrogens with zero attached hydrogens (tertiary/aromatic N) is 3. The maximum absolute atomic E-state index is 13.4. The molecule has 3 aromatic rings. The Morgan fingerprint density at radius 3 is 2.53 bits per heavy atom. The molecule has 8 heteroatoms. The van der Waals surface area contributed by atoms with E-state index < -0.39 is 0 Å². The number of halogens is 2. The monoisotopic (exact) mass is 519 g/mol. The van der Waals surface area contributed by atoms with Gasteiger partial charge in [-0.3, -0.25) is 19.4 Å². The molecule has 2 atom stereocenters. The average Bonchev–Trinajstić information content (AvgIpc) is 3.27. The second-order valence-electron chi connectivity index (χ2n) is 7.71. The van der Waals surface area contributed by atoms with Crippen molar-refractivity contribution in [3.8, 4) is 0 Å². The molecule has 0 bridgehead atoms. The van der Waals surface area contributed by atoms with Crippen LogP contribution in [0.1, 0.15) is 45.2 Å². The van der Waals surface area contributed by atoms with E-state index in [9.17, 15) is 14.0 Å². The molecule has 6 nitrogen and oxygen atoms in total. The molecule has 0 radical (unpaired) electrons. The number of carbonyl (C=O) groups is 2. The van der Waals surface area contributed by atoms with E-state index in [4.69, 9.17) is 4.52 Å². The number of imide groups is 1. The summed E-state index contributed by atoms with van der Waals surface area (Å²) in [7, 11) is 0. The summed E-state index contributed by atoms with van der Waals surface area (Å²) in [4.78, 5) is 28.8. The van der Waals surface area contributed by atoms with E-state index in [1.165, 1.54) is 17.0 Å². The van der Waals surface area contributed by atoms with Crippen LogP contribution in [-0.2, 0) is 0 Å². The fourth-order valence-electron chi connectivity index (χ4n) is 4.36. The number of fused-ring (bicyclic) bond motifs is 2. The van der Waals surface area contributed by atoms with Crippen LogP contribution < -0.4 is 0 Å². The minimum Gasteiger partial charge on any atom is -0.356 e. The van der Waals surface area contributed by atoms with Crippen molar-refractivity contribution in [2.45, 2.75) is 22.8 Å². The van der Waals surface area contributed by atoms with Crippen LogP contribution in [0, 0.1) is 5.82 Å². The Hall–Kier alpha value is -2.33. The van der Waals surface area contributed by atoms with Gasteiger partial charge in [0.2, 0.25) is 0 Å². The molecule has 3 heterocycles. The first kappa shape index (κ1) is 19.6. The van der Waals surface area contributed by atoms with Crippen molar-refractivity contribution in [1.82, 2.24) is 15.0 Å². The first-order chi connectivity index (χ1) is 14.5.